The van der Waals surface area contributed by atoms with Gasteiger partial charge in [-0.15, -0.1) is 11.3 Å². The summed E-state index contributed by atoms with van der Waals surface area (Å²) in [5.41, 5.74) is 1.62. The van der Waals surface area contributed by atoms with Crippen LogP contribution in [0.25, 0.3) is 32.7 Å². The number of halogens is 1. The zero-order valence-electron chi connectivity index (χ0n) is 13.0. The minimum absolute atomic E-state index is 0.374. The van der Waals surface area contributed by atoms with E-state index < -0.39 is 11.2 Å². The number of H-pyrrole nitrogens is 3. The lowest BCUT2D eigenvalue weighted by atomic mass is 10.0. The van der Waals surface area contributed by atoms with Crippen molar-refractivity contribution in [3.05, 3.63) is 61.6 Å². The molecule has 0 bridgehead atoms. The van der Waals surface area contributed by atoms with Crippen molar-refractivity contribution in [1.29, 1.82) is 0 Å². The molecule has 0 spiro atoms. The molecule has 0 saturated carbocycles. The molecular weight excluding hydrogens is 362 g/mol. The van der Waals surface area contributed by atoms with E-state index in [1.165, 1.54) is 11.3 Å². The average molecular weight is 374 g/mol. The number of hydrogen-bond acceptors (Lipinski definition) is 4. The predicted molar refractivity (Wildman–Crippen MR) is 99.9 cm³/mol. The number of hydrogen-bond donors (Lipinski definition) is 3. The Morgan fingerprint density at radius 3 is 2.40 bits per heavy atom. The van der Waals surface area contributed by atoms with Crippen molar-refractivity contribution >= 4 is 34.0 Å². The standard InChI is InChI=1S/C17H12ClN3O3S/c1-24-9-4-2-8(3-5-9)12-13-15(20-17(23)21-16(13)22)19-14(12)10-6-7-11(18)25-10/h2-7H,1H3,(H3,19,20,21,22,23). The summed E-state index contributed by atoms with van der Waals surface area (Å²) in [5.74, 6) is 0.714. The molecule has 0 atom stereocenters. The van der Waals surface area contributed by atoms with E-state index in [4.69, 9.17) is 16.3 Å². The second kappa shape index (κ2) is 5.94. The molecule has 0 saturated heterocycles. The summed E-state index contributed by atoms with van der Waals surface area (Å²) in [5, 5.41) is 0.393. The molecule has 0 aliphatic heterocycles. The van der Waals surface area contributed by atoms with Gasteiger partial charge in [-0.05, 0) is 29.8 Å². The van der Waals surface area contributed by atoms with E-state index in [9.17, 15) is 9.59 Å². The van der Waals surface area contributed by atoms with E-state index in [1.54, 1.807) is 13.2 Å². The van der Waals surface area contributed by atoms with Crippen molar-refractivity contribution in [2.75, 3.05) is 7.11 Å². The smallest absolute Gasteiger partial charge is 0.327 e. The SMILES string of the molecule is COc1ccc(-c2c(-c3ccc(Cl)s3)[nH]c3[nH]c(=O)[nH]c(=O)c23)cc1. The number of ether oxygens (including phenoxy) is 1. The maximum atomic E-state index is 12.4. The Bertz CT molecular complexity index is 1180. The molecule has 4 rings (SSSR count). The van der Waals surface area contributed by atoms with Crippen LogP contribution in [-0.2, 0) is 0 Å². The third kappa shape index (κ3) is 2.67. The minimum Gasteiger partial charge on any atom is -0.497 e. The predicted octanol–water partition coefficient (Wildman–Crippen LogP) is 3.60. The van der Waals surface area contributed by atoms with E-state index in [2.05, 4.69) is 15.0 Å². The highest BCUT2D eigenvalue weighted by molar-refractivity contribution is 7.19. The van der Waals surface area contributed by atoms with E-state index in [-0.39, 0.29) is 0 Å². The first-order valence-corrected chi connectivity index (χ1v) is 8.54. The van der Waals surface area contributed by atoms with Gasteiger partial charge in [0.05, 0.1) is 27.4 Å². The number of fused-ring (bicyclic) bond motifs is 1. The van der Waals surface area contributed by atoms with Crippen LogP contribution in [0.4, 0.5) is 0 Å². The van der Waals surface area contributed by atoms with Gasteiger partial charge in [-0.3, -0.25) is 14.8 Å². The van der Waals surface area contributed by atoms with Gasteiger partial charge >= 0.3 is 5.69 Å². The first kappa shape index (κ1) is 15.7. The van der Waals surface area contributed by atoms with Crippen LogP contribution >= 0.6 is 22.9 Å². The molecule has 4 aromatic rings. The summed E-state index contributed by atoms with van der Waals surface area (Å²) in [6, 6.07) is 11.0. The molecule has 0 radical (unpaired) electrons. The summed E-state index contributed by atoms with van der Waals surface area (Å²) < 4.78 is 5.83. The molecule has 0 amide bonds. The number of aromatic amines is 3. The molecule has 3 N–H and O–H groups in total. The number of methoxy groups -OCH3 is 1. The van der Waals surface area contributed by atoms with Crippen LogP contribution in [-0.4, -0.2) is 22.1 Å². The van der Waals surface area contributed by atoms with Crippen LogP contribution in [0.1, 0.15) is 0 Å². The fourth-order valence-electron chi connectivity index (χ4n) is 2.81. The number of nitrogens with one attached hydrogen (secondary N) is 3. The fraction of sp³-hybridized carbons (Fsp3) is 0.0588. The van der Waals surface area contributed by atoms with Gasteiger partial charge in [-0.2, -0.15) is 0 Å². The number of rotatable bonds is 3. The van der Waals surface area contributed by atoms with Crippen LogP contribution in [0.5, 0.6) is 5.75 Å². The maximum absolute atomic E-state index is 12.4. The van der Waals surface area contributed by atoms with Crippen molar-refractivity contribution in [1.82, 2.24) is 15.0 Å². The summed E-state index contributed by atoms with van der Waals surface area (Å²) in [6.45, 7) is 0. The Balaban J connectivity index is 2.08. The molecule has 0 fully saturated rings. The van der Waals surface area contributed by atoms with E-state index in [1.807, 2.05) is 30.3 Å². The summed E-state index contributed by atoms with van der Waals surface area (Å²) in [4.78, 5) is 33.0. The van der Waals surface area contributed by atoms with E-state index >= 15 is 0 Å². The monoisotopic (exact) mass is 373 g/mol. The molecule has 25 heavy (non-hydrogen) atoms. The van der Waals surface area contributed by atoms with Gasteiger partial charge in [-0.25, -0.2) is 4.79 Å². The highest BCUT2D eigenvalue weighted by Crippen LogP contribution is 2.40. The molecule has 126 valence electrons. The second-order valence-corrected chi connectivity index (χ2v) is 7.08. The first-order valence-electron chi connectivity index (χ1n) is 7.35. The Hall–Kier alpha value is -2.77. The van der Waals surface area contributed by atoms with Crippen LogP contribution in [0.3, 0.4) is 0 Å². The molecule has 3 heterocycles. The van der Waals surface area contributed by atoms with Crippen molar-refractivity contribution < 1.29 is 4.74 Å². The molecule has 3 aromatic heterocycles. The van der Waals surface area contributed by atoms with Crippen LogP contribution in [0, 0.1) is 0 Å². The van der Waals surface area contributed by atoms with Gasteiger partial charge in [0.1, 0.15) is 11.4 Å². The topological polar surface area (TPSA) is 90.7 Å². The van der Waals surface area contributed by atoms with Gasteiger partial charge in [0.25, 0.3) is 5.56 Å². The zero-order valence-corrected chi connectivity index (χ0v) is 14.5. The Morgan fingerprint density at radius 2 is 1.76 bits per heavy atom. The number of aromatic nitrogens is 3. The van der Waals surface area contributed by atoms with Crippen LogP contribution in [0.15, 0.2) is 46.0 Å². The molecule has 1 aromatic carbocycles. The Kier molecular flexibility index (Phi) is 3.74. The lowest BCUT2D eigenvalue weighted by Gasteiger charge is -2.05. The average Bonchev–Trinajstić information content (AvgIpc) is 3.18. The molecular formula is C17H12ClN3O3S. The Labute approximate surface area is 150 Å². The summed E-state index contributed by atoms with van der Waals surface area (Å²) >= 11 is 7.45. The van der Waals surface area contributed by atoms with Gasteiger partial charge in [0, 0.05) is 5.56 Å². The third-order valence-electron chi connectivity index (χ3n) is 3.89. The molecule has 0 aliphatic carbocycles. The van der Waals surface area contributed by atoms with Crippen molar-refractivity contribution in [3.63, 3.8) is 0 Å². The molecule has 6 nitrogen and oxygen atoms in total. The van der Waals surface area contributed by atoms with Gasteiger partial charge in [0.2, 0.25) is 0 Å². The third-order valence-corrected chi connectivity index (χ3v) is 5.14. The number of benzene rings is 1. The van der Waals surface area contributed by atoms with Crippen molar-refractivity contribution in [2.45, 2.75) is 0 Å². The van der Waals surface area contributed by atoms with Gasteiger partial charge in [-0.1, -0.05) is 23.7 Å². The summed E-state index contributed by atoms with van der Waals surface area (Å²) in [6.07, 6.45) is 0. The van der Waals surface area contributed by atoms with Gasteiger partial charge in [0.15, 0.2) is 0 Å². The quantitative estimate of drug-likeness (QED) is 0.512. The van der Waals surface area contributed by atoms with Crippen LogP contribution < -0.4 is 16.0 Å². The van der Waals surface area contributed by atoms with Crippen molar-refractivity contribution in [3.8, 4) is 27.4 Å². The Morgan fingerprint density at radius 1 is 1.00 bits per heavy atom. The molecule has 0 aliphatic rings. The first-order chi connectivity index (χ1) is 12.1. The van der Waals surface area contributed by atoms with Crippen LogP contribution in [0.2, 0.25) is 4.34 Å². The minimum atomic E-state index is -0.559. The maximum Gasteiger partial charge on any atom is 0.327 e. The highest BCUT2D eigenvalue weighted by atomic mass is 35.5. The largest absolute Gasteiger partial charge is 0.497 e. The fourth-order valence-corrected chi connectivity index (χ4v) is 3.86. The van der Waals surface area contributed by atoms with Crippen molar-refractivity contribution in [2.24, 2.45) is 0 Å². The zero-order chi connectivity index (χ0) is 17.6. The lowest BCUT2D eigenvalue weighted by molar-refractivity contribution is 0.415. The molecule has 0 unspecified atom stereocenters. The lowest BCUT2D eigenvalue weighted by Crippen LogP contribution is -2.21. The highest BCUT2D eigenvalue weighted by Gasteiger charge is 2.19. The normalized spacial score (nSPS) is 11.1. The van der Waals surface area contributed by atoms with Gasteiger partial charge < -0.3 is 9.72 Å². The van der Waals surface area contributed by atoms with E-state index in [0.717, 1.165) is 16.1 Å². The number of thiophene rings is 1. The second-order valence-electron chi connectivity index (χ2n) is 5.37. The summed E-state index contributed by atoms with van der Waals surface area (Å²) in [7, 11) is 1.59. The molecule has 8 heteroatoms. The van der Waals surface area contributed by atoms with E-state index in [0.29, 0.717) is 26.7 Å².